The summed E-state index contributed by atoms with van der Waals surface area (Å²) in [4.78, 5) is 12.6. The highest BCUT2D eigenvalue weighted by molar-refractivity contribution is 7.92. The van der Waals surface area contributed by atoms with Crippen LogP contribution in [0.15, 0.2) is 60.0 Å². The Morgan fingerprint density at radius 3 is 2.31 bits per heavy atom. The first-order valence-electron chi connectivity index (χ1n) is 7.98. The van der Waals surface area contributed by atoms with Crippen LogP contribution in [0.2, 0.25) is 5.02 Å². The van der Waals surface area contributed by atoms with Gasteiger partial charge in [0.05, 0.1) is 9.92 Å². The summed E-state index contributed by atoms with van der Waals surface area (Å²) in [5, 5.41) is -0.374. The van der Waals surface area contributed by atoms with E-state index in [1.807, 2.05) is 0 Å². The van der Waals surface area contributed by atoms with Gasteiger partial charge >= 0.3 is 6.18 Å². The Balaban J connectivity index is 2.19. The van der Waals surface area contributed by atoms with E-state index in [0.29, 0.717) is 4.90 Å². The number of rotatable bonds is 7. The van der Waals surface area contributed by atoms with Crippen LogP contribution in [0.3, 0.4) is 0 Å². The summed E-state index contributed by atoms with van der Waals surface area (Å²) in [7, 11) is -4.09. The van der Waals surface area contributed by atoms with Crippen LogP contribution in [0.4, 0.5) is 23.2 Å². The van der Waals surface area contributed by atoms with E-state index in [9.17, 15) is 30.8 Å². The fourth-order valence-corrected chi connectivity index (χ4v) is 3.64. The molecule has 0 unspecified atom stereocenters. The maximum atomic E-state index is 13.2. The molecule has 2 rings (SSSR count). The van der Waals surface area contributed by atoms with Crippen LogP contribution in [0.1, 0.15) is 10.4 Å². The molecule has 0 aliphatic heterocycles. The van der Waals surface area contributed by atoms with Gasteiger partial charge in [0.2, 0.25) is 0 Å². The van der Waals surface area contributed by atoms with Gasteiger partial charge in [-0.25, -0.2) is 12.8 Å². The van der Waals surface area contributed by atoms with Crippen LogP contribution < -0.4 is 4.72 Å². The molecule has 0 fully saturated rings. The molecule has 1 N–H and O–H groups in total. The number of benzene rings is 2. The lowest BCUT2D eigenvalue weighted by molar-refractivity contribution is -0.139. The van der Waals surface area contributed by atoms with Crippen molar-refractivity contribution < 1.29 is 30.8 Å². The molecule has 5 nitrogen and oxygen atoms in total. The quantitative estimate of drug-likeness (QED) is 0.500. The molecular weight excluding hydrogens is 436 g/mol. The summed E-state index contributed by atoms with van der Waals surface area (Å²) in [6, 6.07) is 7.65. The molecule has 0 aliphatic rings. The molecule has 0 heterocycles. The van der Waals surface area contributed by atoms with E-state index in [-0.39, 0.29) is 27.7 Å². The maximum absolute atomic E-state index is 13.2. The van der Waals surface area contributed by atoms with E-state index >= 15 is 0 Å². The summed E-state index contributed by atoms with van der Waals surface area (Å²) in [6.07, 6.45) is -3.41. The van der Waals surface area contributed by atoms with Crippen LogP contribution in [0.25, 0.3) is 0 Å². The van der Waals surface area contributed by atoms with Crippen LogP contribution in [-0.4, -0.2) is 38.5 Å². The molecule has 11 heteroatoms. The summed E-state index contributed by atoms with van der Waals surface area (Å²) in [5.74, 6) is -1.67. The largest absolute Gasteiger partial charge is 0.406 e. The van der Waals surface area contributed by atoms with Crippen molar-refractivity contribution in [3.8, 4) is 0 Å². The second-order valence-corrected chi connectivity index (χ2v) is 7.94. The summed E-state index contributed by atoms with van der Waals surface area (Å²) in [5.41, 5.74) is -0.0167. The minimum absolute atomic E-state index is 0.0492. The topological polar surface area (TPSA) is 66.5 Å². The molecule has 2 aromatic carbocycles. The number of sulfonamides is 1. The number of nitrogens with one attached hydrogen (secondary N) is 1. The van der Waals surface area contributed by atoms with Crippen molar-refractivity contribution in [3.05, 3.63) is 71.5 Å². The third-order valence-electron chi connectivity index (χ3n) is 3.59. The average molecular weight is 451 g/mol. The number of carbonyl (C=O) groups is 1. The monoisotopic (exact) mass is 450 g/mol. The predicted octanol–water partition coefficient (Wildman–Crippen LogP) is 4.47. The predicted molar refractivity (Wildman–Crippen MR) is 101 cm³/mol. The van der Waals surface area contributed by atoms with Crippen LogP contribution in [-0.2, 0) is 10.0 Å². The van der Waals surface area contributed by atoms with Crippen molar-refractivity contribution in [1.29, 1.82) is 0 Å². The van der Waals surface area contributed by atoms with Crippen LogP contribution in [0, 0.1) is 5.82 Å². The second kappa shape index (κ2) is 8.83. The zero-order valence-corrected chi connectivity index (χ0v) is 16.3. The van der Waals surface area contributed by atoms with Crippen molar-refractivity contribution in [2.24, 2.45) is 0 Å². The Kier molecular flexibility index (Phi) is 6.91. The number of alkyl halides is 3. The van der Waals surface area contributed by atoms with Crippen LogP contribution in [0.5, 0.6) is 0 Å². The molecule has 156 valence electrons. The van der Waals surface area contributed by atoms with Gasteiger partial charge in [-0.3, -0.25) is 9.52 Å². The third kappa shape index (κ3) is 6.20. The Hall–Kier alpha value is -2.59. The van der Waals surface area contributed by atoms with Gasteiger partial charge in [0.1, 0.15) is 12.4 Å². The van der Waals surface area contributed by atoms with Crippen LogP contribution >= 0.6 is 11.6 Å². The number of nitrogens with zero attached hydrogens (tertiary/aromatic N) is 1. The second-order valence-electron chi connectivity index (χ2n) is 5.85. The number of carbonyl (C=O) groups excluding carboxylic acids is 1. The Morgan fingerprint density at radius 2 is 1.79 bits per heavy atom. The first-order valence-corrected chi connectivity index (χ1v) is 9.84. The van der Waals surface area contributed by atoms with Gasteiger partial charge in [-0.2, -0.15) is 13.2 Å². The molecule has 0 aliphatic carbocycles. The van der Waals surface area contributed by atoms with E-state index in [1.165, 1.54) is 30.3 Å². The van der Waals surface area contributed by atoms with E-state index < -0.39 is 34.5 Å². The number of hydrogen-bond donors (Lipinski definition) is 1. The van der Waals surface area contributed by atoms with Gasteiger partial charge in [0, 0.05) is 17.8 Å². The molecule has 0 bridgehead atoms. The standard InChI is InChI=1S/C18H15ClF4N2O3S/c1-2-9-25(11-18(21,22)23)17(26)12-3-5-13(6-4-12)24-29(27,28)14-7-8-16(20)15(19)10-14/h2-8,10,24H,1,9,11H2. The normalized spacial score (nSPS) is 11.8. The van der Waals surface area contributed by atoms with Gasteiger partial charge in [-0.15, -0.1) is 6.58 Å². The van der Waals surface area contributed by atoms with Gasteiger partial charge in [-0.05, 0) is 42.5 Å². The summed E-state index contributed by atoms with van der Waals surface area (Å²) < 4.78 is 78.0. The van der Waals surface area contributed by atoms with Crippen molar-refractivity contribution in [2.75, 3.05) is 17.8 Å². The number of anilines is 1. The van der Waals surface area contributed by atoms with Gasteiger partial charge in [-0.1, -0.05) is 17.7 Å². The molecular formula is C18H15ClF4N2O3S. The van der Waals surface area contributed by atoms with E-state index in [1.54, 1.807) is 0 Å². The molecule has 0 spiro atoms. The first-order chi connectivity index (χ1) is 13.4. The molecule has 0 saturated carbocycles. The highest BCUT2D eigenvalue weighted by atomic mass is 35.5. The minimum Gasteiger partial charge on any atom is -0.326 e. The average Bonchev–Trinajstić information content (AvgIpc) is 2.62. The van der Waals surface area contributed by atoms with Crippen molar-refractivity contribution in [1.82, 2.24) is 4.90 Å². The third-order valence-corrected chi connectivity index (χ3v) is 5.26. The fourth-order valence-electron chi connectivity index (χ4n) is 2.31. The fraction of sp³-hybridized carbons (Fsp3) is 0.167. The lowest BCUT2D eigenvalue weighted by Crippen LogP contribution is -2.39. The lowest BCUT2D eigenvalue weighted by atomic mass is 10.2. The SMILES string of the molecule is C=CCN(CC(F)(F)F)C(=O)c1ccc(NS(=O)(=O)c2ccc(F)c(Cl)c2)cc1. The molecule has 0 saturated heterocycles. The highest BCUT2D eigenvalue weighted by Crippen LogP contribution is 2.23. The number of hydrogen-bond acceptors (Lipinski definition) is 3. The molecule has 0 aromatic heterocycles. The molecule has 0 atom stereocenters. The molecule has 2 aromatic rings. The number of halogens is 5. The molecule has 29 heavy (non-hydrogen) atoms. The molecule has 0 radical (unpaired) electrons. The Morgan fingerprint density at radius 1 is 1.17 bits per heavy atom. The van der Waals surface area contributed by atoms with Gasteiger partial charge in [0.15, 0.2) is 0 Å². The Bertz CT molecular complexity index is 1010. The minimum atomic E-state index is -4.58. The molecule has 1 amide bonds. The maximum Gasteiger partial charge on any atom is 0.406 e. The van der Waals surface area contributed by atoms with E-state index in [2.05, 4.69) is 11.3 Å². The zero-order valence-electron chi connectivity index (χ0n) is 14.7. The summed E-state index contributed by atoms with van der Waals surface area (Å²) in [6.45, 7) is 1.58. The lowest BCUT2D eigenvalue weighted by Gasteiger charge is -2.22. The van der Waals surface area contributed by atoms with Gasteiger partial charge < -0.3 is 4.90 Å². The summed E-state index contributed by atoms with van der Waals surface area (Å²) >= 11 is 5.58. The van der Waals surface area contributed by atoms with E-state index in [0.717, 1.165) is 18.2 Å². The smallest absolute Gasteiger partial charge is 0.326 e. The highest BCUT2D eigenvalue weighted by Gasteiger charge is 2.32. The number of amides is 1. The Labute approximate surface area is 169 Å². The van der Waals surface area contributed by atoms with Gasteiger partial charge in [0.25, 0.3) is 15.9 Å². The first kappa shape index (κ1) is 22.7. The van der Waals surface area contributed by atoms with E-state index in [4.69, 9.17) is 11.6 Å². The van der Waals surface area contributed by atoms with Crippen molar-refractivity contribution in [3.63, 3.8) is 0 Å². The van der Waals surface area contributed by atoms with Crippen molar-refractivity contribution >= 4 is 33.2 Å². The van der Waals surface area contributed by atoms with Crippen molar-refractivity contribution in [2.45, 2.75) is 11.1 Å². The zero-order chi connectivity index (χ0) is 21.8.